The minimum atomic E-state index is -3.06. The third-order valence-electron chi connectivity index (χ3n) is 6.44. The molecule has 35 heavy (non-hydrogen) atoms. The van der Waals surface area contributed by atoms with E-state index in [9.17, 15) is 15.0 Å². The molecule has 0 radical (unpaired) electrons. The van der Waals surface area contributed by atoms with Crippen molar-refractivity contribution >= 4 is 24.7 Å². The van der Waals surface area contributed by atoms with Crippen LogP contribution < -0.4 is 10.4 Å². The Morgan fingerprint density at radius 1 is 1.03 bits per heavy atom. The van der Waals surface area contributed by atoms with E-state index in [0.29, 0.717) is 0 Å². The normalized spacial score (nSPS) is 21.9. The molecule has 0 saturated carbocycles. The lowest BCUT2D eigenvalue weighted by Gasteiger charge is -2.46. The van der Waals surface area contributed by atoms with E-state index in [1.807, 2.05) is 36.4 Å². The number of aliphatic hydroxyl groups is 2. The molecule has 2 aromatic rings. The molecule has 0 spiro atoms. The molecule has 7 nitrogen and oxygen atoms in total. The van der Waals surface area contributed by atoms with Crippen LogP contribution in [0.15, 0.2) is 60.7 Å². The standard InChI is InChI=1S/C27H38O7Si/c1-26(2,3)35(19-13-9-7-10-14-19,20-15-11-8-12-16-20)34-22(17-21(29)25(30)31-6)24-23(18-28)32-27(4,5)33-24/h7-16,21-24,28-29H,17-18H2,1-6H3/t21?,22-,23-,24+/m1/s1. The van der Waals surface area contributed by atoms with E-state index in [4.69, 9.17) is 18.6 Å². The first-order chi connectivity index (χ1) is 16.4. The van der Waals surface area contributed by atoms with Gasteiger partial charge in [0.25, 0.3) is 8.32 Å². The molecule has 2 N–H and O–H groups in total. The fraction of sp³-hybridized carbons (Fsp3) is 0.519. The molecule has 1 unspecified atom stereocenters. The van der Waals surface area contributed by atoms with E-state index >= 15 is 0 Å². The van der Waals surface area contributed by atoms with Crippen LogP contribution in [-0.2, 0) is 23.4 Å². The molecule has 4 atom stereocenters. The Kier molecular flexibility index (Phi) is 8.57. The smallest absolute Gasteiger partial charge is 0.334 e. The monoisotopic (exact) mass is 502 g/mol. The van der Waals surface area contributed by atoms with E-state index in [0.717, 1.165) is 10.4 Å². The van der Waals surface area contributed by atoms with Crippen molar-refractivity contribution in [2.24, 2.45) is 0 Å². The first kappa shape index (κ1) is 27.5. The largest absolute Gasteiger partial charge is 0.467 e. The van der Waals surface area contributed by atoms with E-state index in [1.165, 1.54) is 7.11 Å². The zero-order chi connectivity index (χ0) is 25.9. The summed E-state index contributed by atoms with van der Waals surface area (Å²) >= 11 is 0. The highest BCUT2D eigenvalue weighted by Gasteiger charge is 2.55. The Morgan fingerprint density at radius 3 is 1.97 bits per heavy atom. The van der Waals surface area contributed by atoms with Gasteiger partial charge in [-0.25, -0.2) is 4.79 Å². The first-order valence-electron chi connectivity index (χ1n) is 12.0. The highest BCUT2D eigenvalue weighted by Crippen LogP contribution is 2.40. The molecule has 1 aliphatic rings. The molecule has 0 amide bonds. The number of ether oxygens (including phenoxy) is 3. The summed E-state index contributed by atoms with van der Waals surface area (Å²) in [6.45, 7) is 9.69. The van der Waals surface area contributed by atoms with Crippen LogP contribution in [0.25, 0.3) is 0 Å². The maximum absolute atomic E-state index is 12.2. The van der Waals surface area contributed by atoms with Crippen LogP contribution in [0, 0.1) is 0 Å². The Morgan fingerprint density at radius 2 is 1.54 bits per heavy atom. The highest BCUT2D eigenvalue weighted by atomic mass is 28.4. The average molecular weight is 503 g/mol. The summed E-state index contributed by atoms with van der Waals surface area (Å²) in [5, 5.41) is 22.5. The third-order valence-corrected chi connectivity index (χ3v) is 11.5. The number of methoxy groups -OCH3 is 1. The zero-order valence-corrected chi connectivity index (χ0v) is 22.4. The van der Waals surface area contributed by atoms with Crippen molar-refractivity contribution in [2.75, 3.05) is 13.7 Å². The van der Waals surface area contributed by atoms with Gasteiger partial charge in [0.2, 0.25) is 0 Å². The third kappa shape index (κ3) is 5.85. The van der Waals surface area contributed by atoms with E-state index in [2.05, 4.69) is 45.0 Å². The number of aliphatic hydroxyl groups excluding tert-OH is 2. The molecule has 0 aromatic heterocycles. The molecule has 192 valence electrons. The van der Waals surface area contributed by atoms with Crippen molar-refractivity contribution in [1.29, 1.82) is 0 Å². The van der Waals surface area contributed by atoms with Gasteiger partial charge in [-0.3, -0.25) is 0 Å². The Labute approximate surface area is 209 Å². The van der Waals surface area contributed by atoms with Crippen molar-refractivity contribution in [3.8, 4) is 0 Å². The van der Waals surface area contributed by atoms with Gasteiger partial charge < -0.3 is 28.8 Å². The molecule has 8 heteroatoms. The number of benzene rings is 2. The van der Waals surface area contributed by atoms with Crippen LogP contribution in [0.1, 0.15) is 41.0 Å². The van der Waals surface area contributed by atoms with Crippen molar-refractivity contribution in [3.05, 3.63) is 60.7 Å². The Balaban J connectivity index is 2.18. The average Bonchev–Trinajstić information content (AvgIpc) is 3.15. The molecular weight excluding hydrogens is 464 g/mol. The second-order valence-corrected chi connectivity index (χ2v) is 14.7. The van der Waals surface area contributed by atoms with Gasteiger partial charge in [-0.1, -0.05) is 81.4 Å². The van der Waals surface area contributed by atoms with Gasteiger partial charge in [-0.05, 0) is 29.3 Å². The second kappa shape index (κ2) is 10.9. The van der Waals surface area contributed by atoms with Crippen LogP contribution >= 0.6 is 0 Å². The van der Waals surface area contributed by atoms with Gasteiger partial charge >= 0.3 is 5.97 Å². The number of rotatable bonds is 9. The summed E-state index contributed by atoms with van der Waals surface area (Å²) < 4.78 is 24.1. The fourth-order valence-corrected chi connectivity index (χ4v) is 9.64. The van der Waals surface area contributed by atoms with Gasteiger partial charge in [0.05, 0.1) is 19.8 Å². The predicted octanol–water partition coefficient (Wildman–Crippen LogP) is 2.37. The SMILES string of the molecule is COC(=O)C(O)C[C@@H](O[Si](c1ccccc1)(c1ccccc1)C(C)(C)C)[C@@H]1OC(C)(C)O[C@@H]1CO. The molecule has 1 saturated heterocycles. The van der Waals surface area contributed by atoms with Gasteiger partial charge in [0.15, 0.2) is 11.9 Å². The second-order valence-electron chi connectivity index (χ2n) is 10.4. The van der Waals surface area contributed by atoms with Gasteiger partial charge in [0, 0.05) is 6.42 Å². The summed E-state index contributed by atoms with van der Waals surface area (Å²) in [7, 11) is -1.83. The molecule has 2 aromatic carbocycles. The lowest BCUT2D eigenvalue weighted by Crippen LogP contribution is -2.69. The molecule has 1 heterocycles. The van der Waals surface area contributed by atoms with Crippen molar-refractivity contribution in [1.82, 2.24) is 0 Å². The zero-order valence-electron chi connectivity index (χ0n) is 21.4. The summed E-state index contributed by atoms with van der Waals surface area (Å²) in [5.41, 5.74) is 0. The maximum atomic E-state index is 12.2. The van der Waals surface area contributed by atoms with E-state index in [-0.39, 0.29) is 18.1 Å². The van der Waals surface area contributed by atoms with Crippen molar-refractivity contribution < 1.29 is 33.6 Å². The van der Waals surface area contributed by atoms with Gasteiger partial charge in [0.1, 0.15) is 12.2 Å². The Bertz CT molecular complexity index is 919. The lowest BCUT2D eigenvalue weighted by atomic mass is 10.0. The number of hydrogen-bond donors (Lipinski definition) is 2. The molecule has 1 aliphatic heterocycles. The molecule has 3 rings (SSSR count). The minimum absolute atomic E-state index is 0.0716. The van der Waals surface area contributed by atoms with Crippen LogP contribution in [0.4, 0.5) is 0 Å². The highest BCUT2D eigenvalue weighted by molar-refractivity contribution is 6.99. The molecule has 1 fully saturated rings. The summed E-state index contributed by atoms with van der Waals surface area (Å²) in [6, 6.07) is 20.2. The summed E-state index contributed by atoms with van der Waals surface area (Å²) in [6.07, 6.45) is -3.66. The van der Waals surface area contributed by atoms with Crippen LogP contribution in [-0.4, -0.2) is 68.4 Å². The lowest BCUT2D eigenvalue weighted by molar-refractivity contribution is -0.161. The van der Waals surface area contributed by atoms with Gasteiger partial charge in [-0.2, -0.15) is 0 Å². The first-order valence-corrected chi connectivity index (χ1v) is 13.9. The topological polar surface area (TPSA) is 94.5 Å². The Hall–Kier alpha value is -2.07. The fourth-order valence-electron chi connectivity index (χ4n) is 4.94. The van der Waals surface area contributed by atoms with Crippen molar-refractivity contribution in [3.63, 3.8) is 0 Å². The number of carbonyl (C=O) groups excluding carboxylic acids is 1. The van der Waals surface area contributed by atoms with E-state index < -0.39 is 44.5 Å². The molecule has 0 bridgehead atoms. The number of esters is 1. The summed E-state index contributed by atoms with van der Waals surface area (Å²) in [4.78, 5) is 12.2. The quantitative estimate of drug-likeness (QED) is 0.402. The van der Waals surface area contributed by atoms with Crippen LogP contribution in [0.3, 0.4) is 0 Å². The minimum Gasteiger partial charge on any atom is -0.467 e. The predicted molar refractivity (Wildman–Crippen MR) is 136 cm³/mol. The van der Waals surface area contributed by atoms with Crippen molar-refractivity contribution in [2.45, 2.75) is 76.3 Å². The summed E-state index contributed by atoms with van der Waals surface area (Å²) in [5.74, 6) is -1.71. The van der Waals surface area contributed by atoms with Crippen LogP contribution in [0.5, 0.6) is 0 Å². The van der Waals surface area contributed by atoms with E-state index in [1.54, 1.807) is 13.8 Å². The number of carbonyl (C=O) groups is 1. The van der Waals surface area contributed by atoms with Crippen LogP contribution in [0.2, 0.25) is 5.04 Å². The number of hydrogen-bond acceptors (Lipinski definition) is 7. The molecular formula is C27H38O7Si. The van der Waals surface area contributed by atoms with Gasteiger partial charge in [-0.15, -0.1) is 0 Å². The maximum Gasteiger partial charge on any atom is 0.334 e. The molecule has 0 aliphatic carbocycles.